The zero-order chi connectivity index (χ0) is 10.6. The molecule has 0 aliphatic heterocycles. The molecule has 0 bridgehead atoms. The molecule has 2 nitrogen and oxygen atoms in total. The second kappa shape index (κ2) is 5.47. The second-order valence-corrected chi connectivity index (χ2v) is 4.95. The first-order chi connectivity index (χ1) is 6.63. The third-order valence-electron chi connectivity index (χ3n) is 2.38. The van der Waals surface area contributed by atoms with Gasteiger partial charge in [0.15, 0.2) is 0 Å². The van der Waals surface area contributed by atoms with Crippen LogP contribution in [-0.2, 0) is 6.54 Å². The van der Waals surface area contributed by atoms with E-state index in [9.17, 15) is 0 Å². The summed E-state index contributed by atoms with van der Waals surface area (Å²) in [6.07, 6.45) is 1.17. The van der Waals surface area contributed by atoms with Crippen molar-refractivity contribution >= 4 is 11.3 Å². The predicted octanol–water partition coefficient (Wildman–Crippen LogP) is 3.15. The van der Waals surface area contributed by atoms with Gasteiger partial charge in [0.2, 0.25) is 0 Å². The average Bonchev–Trinajstić information content (AvgIpc) is 2.62. The van der Waals surface area contributed by atoms with Crippen LogP contribution >= 0.6 is 11.3 Å². The van der Waals surface area contributed by atoms with Gasteiger partial charge < -0.3 is 5.32 Å². The molecule has 0 radical (unpaired) electrons. The third kappa shape index (κ3) is 3.39. The number of aromatic nitrogens is 1. The van der Waals surface area contributed by atoms with Crippen molar-refractivity contribution in [2.45, 2.75) is 52.6 Å². The lowest BCUT2D eigenvalue weighted by Gasteiger charge is -2.08. The average molecular weight is 212 g/mol. The maximum absolute atomic E-state index is 4.57. The van der Waals surface area contributed by atoms with E-state index >= 15 is 0 Å². The van der Waals surface area contributed by atoms with Crippen LogP contribution in [0.4, 0.5) is 0 Å². The zero-order valence-corrected chi connectivity index (χ0v) is 10.3. The van der Waals surface area contributed by atoms with E-state index in [1.165, 1.54) is 17.1 Å². The van der Waals surface area contributed by atoms with Crippen LogP contribution in [0.15, 0.2) is 5.38 Å². The van der Waals surface area contributed by atoms with Gasteiger partial charge in [-0.15, -0.1) is 11.3 Å². The van der Waals surface area contributed by atoms with E-state index in [-0.39, 0.29) is 0 Å². The minimum absolute atomic E-state index is 0.545. The minimum atomic E-state index is 0.545. The summed E-state index contributed by atoms with van der Waals surface area (Å²) in [5.41, 5.74) is 1.22. The highest BCUT2D eigenvalue weighted by Crippen LogP contribution is 2.17. The van der Waals surface area contributed by atoms with Crippen molar-refractivity contribution in [1.82, 2.24) is 10.3 Å². The van der Waals surface area contributed by atoms with Crippen molar-refractivity contribution in [3.8, 4) is 0 Å². The van der Waals surface area contributed by atoms with Gasteiger partial charge in [-0.05, 0) is 19.3 Å². The highest BCUT2D eigenvalue weighted by atomic mass is 32.1. The van der Waals surface area contributed by atoms with Gasteiger partial charge in [-0.25, -0.2) is 4.98 Å². The number of hydrogen-bond acceptors (Lipinski definition) is 3. The van der Waals surface area contributed by atoms with Crippen LogP contribution in [0.5, 0.6) is 0 Å². The van der Waals surface area contributed by atoms with Crippen molar-refractivity contribution in [1.29, 1.82) is 0 Å². The van der Waals surface area contributed by atoms with Gasteiger partial charge in [0, 0.05) is 18.0 Å². The first-order valence-corrected chi connectivity index (χ1v) is 6.19. The summed E-state index contributed by atoms with van der Waals surface area (Å²) >= 11 is 1.76. The van der Waals surface area contributed by atoms with Crippen LogP contribution in [0.2, 0.25) is 0 Å². The number of hydrogen-bond donors (Lipinski definition) is 1. The lowest BCUT2D eigenvalue weighted by atomic mass is 10.2. The third-order valence-corrected chi connectivity index (χ3v) is 3.24. The number of thiazole rings is 1. The van der Waals surface area contributed by atoms with Crippen molar-refractivity contribution in [3.63, 3.8) is 0 Å². The van der Waals surface area contributed by atoms with Crippen LogP contribution in [0, 0.1) is 0 Å². The SMILES string of the molecule is CCC(C)NCc1nc(C(C)C)cs1. The molecule has 3 heteroatoms. The number of nitrogens with zero attached hydrogens (tertiary/aromatic N) is 1. The summed E-state index contributed by atoms with van der Waals surface area (Å²) in [4.78, 5) is 4.57. The molecule has 0 fully saturated rings. The fourth-order valence-electron chi connectivity index (χ4n) is 1.08. The maximum Gasteiger partial charge on any atom is 0.107 e. The van der Waals surface area contributed by atoms with Crippen LogP contribution in [0.3, 0.4) is 0 Å². The van der Waals surface area contributed by atoms with Gasteiger partial charge in [0.05, 0.1) is 5.69 Å². The highest BCUT2D eigenvalue weighted by molar-refractivity contribution is 7.09. The van der Waals surface area contributed by atoms with Crippen LogP contribution < -0.4 is 5.32 Å². The molecular weight excluding hydrogens is 192 g/mol. The molecule has 1 aromatic heterocycles. The van der Waals surface area contributed by atoms with E-state index in [1.54, 1.807) is 11.3 Å². The van der Waals surface area contributed by atoms with E-state index in [4.69, 9.17) is 0 Å². The summed E-state index contributed by atoms with van der Waals surface area (Å²) in [6, 6.07) is 0.585. The molecule has 14 heavy (non-hydrogen) atoms. The molecule has 1 N–H and O–H groups in total. The summed E-state index contributed by atoms with van der Waals surface area (Å²) in [5.74, 6) is 0.545. The summed E-state index contributed by atoms with van der Waals surface area (Å²) < 4.78 is 0. The molecule has 0 aliphatic carbocycles. The molecule has 80 valence electrons. The van der Waals surface area contributed by atoms with E-state index < -0.39 is 0 Å². The van der Waals surface area contributed by atoms with Gasteiger partial charge in [0.25, 0.3) is 0 Å². The van der Waals surface area contributed by atoms with E-state index in [2.05, 4.69) is 43.4 Å². The Bertz CT molecular complexity index is 268. The Kier molecular flexibility index (Phi) is 4.55. The van der Waals surface area contributed by atoms with Crippen molar-refractivity contribution in [2.75, 3.05) is 0 Å². The fraction of sp³-hybridized carbons (Fsp3) is 0.727. The Morgan fingerprint density at radius 1 is 1.43 bits per heavy atom. The Labute approximate surface area is 90.8 Å². The first kappa shape index (κ1) is 11.7. The quantitative estimate of drug-likeness (QED) is 0.811. The number of rotatable bonds is 5. The maximum atomic E-state index is 4.57. The molecular formula is C11H20N2S. The molecule has 1 heterocycles. The zero-order valence-electron chi connectivity index (χ0n) is 9.50. The van der Waals surface area contributed by atoms with Gasteiger partial charge in [-0.2, -0.15) is 0 Å². The Morgan fingerprint density at radius 2 is 2.14 bits per heavy atom. The fourth-order valence-corrected chi connectivity index (χ4v) is 1.98. The largest absolute Gasteiger partial charge is 0.308 e. The normalized spacial score (nSPS) is 13.5. The van der Waals surface area contributed by atoms with E-state index in [0.29, 0.717) is 12.0 Å². The van der Waals surface area contributed by atoms with Gasteiger partial charge in [0.1, 0.15) is 5.01 Å². The summed E-state index contributed by atoms with van der Waals surface area (Å²) in [7, 11) is 0. The second-order valence-electron chi connectivity index (χ2n) is 4.01. The smallest absolute Gasteiger partial charge is 0.107 e. The Hall–Kier alpha value is -0.410. The topological polar surface area (TPSA) is 24.9 Å². The lowest BCUT2D eigenvalue weighted by Crippen LogP contribution is -2.24. The molecule has 0 saturated carbocycles. The monoisotopic (exact) mass is 212 g/mol. The van der Waals surface area contributed by atoms with Crippen molar-refractivity contribution < 1.29 is 0 Å². The molecule has 0 amide bonds. The van der Waals surface area contributed by atoms with Crippen LogP contribution in [-0.4, -0.2) is 11.0 Å². The standard InChI is InChI=1S/C11H20N2S/c1-5-9(4)12-6-11-13-10(7-14-11)8(2)3/h7-9,12H,5-6H2,1-4H3. The first-order valence-electron chi connectivity index (χ1n) is 5.31. The van der Waals surface area contributed by atoms with E-state index in [1.807, 2.05) is 0 Å². The Balaban J connectivity index is 2.44. The van der Waals surface area contributed by atoms with Crippen molar-refractivity contribution in [2.24, 2.45) is 0 Å². The predicted molar refractivity (Wildman–Crippen MR) is 62.8 cm³/mol. The molecule has 0 aliphatic rings. The van der Waals surface area contributed by atoms with Gasteiger partial charge >= 0.3 is 0 Å². The molecule has 0 spiro atoms. The van der Waals surface area contributed by atoms with Crippen LogP contribution in [0.1, 0.15) is 50.7 Å². The molecule has 1 atom stereocenters. The Morgan fingerprint density at radius 3 is 2.64 bits per heavy atom. The van der Waals surface area contributed by atoms with E-state index in [0.717, 1.165) is 6.54 Å². The summed E-state index contributed by atoms with van der Waals surface area (Å²) in [6.45, 7) is 9.67. The molecule has 1 rings (SSSR count). The van der Waals surface area contributed by atoms with Gasteiger partial charge in [-0.1, -0.05) is 20.8 Å². The number of nitrogens with one attached hydrogen (secondary N) is 1. The summed E-state index contributed by atoms with van der Waals surface area (Å²) in [5, 5.41) is 6.82. The van der Waals surface area contributed by atoms with Gasteiger partial charge in [-0.3, -0.25) is 0 Å². The molecule has 1 aromatic rings. The minimum Gasteiger partial charge on any atom is -0.308 e. The molecule has 0 aromatic carbocycles. The molecule has 0 saturated heterocycles. The van der Waals surface area contributed by atoms with Crippen LogP contribution in [0.25, 0.3) is 0 Å². The molecule has 1 unspecified atom stereocenters. The highest BCUT2D eigenvalue weighted by Gasteiger charge is 2.05. The van der Waals surface area contributed by atoms with Crippen molar-refractivity contribution in [3.05, 3.63) is 16.1 Å². The lowest BCUT2D eigenvalue weighted by molar-refractivity contribution is 0.532.